The van der Waals surface area contributed by atoms with E-state index < -0.39 is 5.41 Å². The molecule has 2 fully saturated rings. The molecule has 0 amide bonds. The molecular formula is C19H26FNO4. The minimum Gasteiger partial charge on any atom is -0.508 e. The van der Waals surface area contributed by atoms with E-state index in [2.05, 4.69) is 4.90 Å². The van der Waals surface area contributed by atoms with Crippen LogP contribution in [0, 0.1) is 17.2 Å². The monoisotopic (exact) mass is 351 g/mol. The average Bonchev–Trinajstić information content (AvgIpc) is 2.65. The first kappa shape index (κ1) is 18.1. The molecule has 0 spiro atoms. The van der Waals surface area contributed by atoms with E-state index in [1.807, 2.05) is 0 Å². The Hall–Kier alpha value is -1.66. The largest absolute Gasteiger partial charge is 0.508 e. The van der Waals surface area contributed by atoms with Gasteiger partial charge in [-0.1, -0.05) is 0 Å². The van der Waals surface area contributed by atoms with E-state index in [-0.39, 0.29) is 23.5 Å². The van der Waals surface area contributed by atoms with Crippen LogP contribution in [0.15, 0.2) is 18.2 Å². The van der Waals surface area contributed by atoms with Crippen molar-refractivity contribution in [2.75, 3.05) is 33.4 Å². The number of ether oxygens (including phenoxy) is 2. The number of carbonyl (C=O) groups excluding carboxylic acids is 1. The molecule has 1 N–H and O–H groups in total. The summed E-state index contributed by atoms with van der Waals surface area (Å²) in [5.74, 6) is -0.0493. The van der Waals surface area contributed by atoms with Crippen molar-refractivity contribution in [3.63, 3.8) is 0 Å². The molecule has 0 unspecified atom stereocenters. The zero-order chi connectivity index (χ0) is 17.9. The molecule has 0 atom stereocenters. The fourth-order valence-electron chi connectivity index (χ4n) is 4.28. The van der Waals surface area contributed by atoms with Gasteiger partial charge in [0.15, 0.2) is 0 Å². The number of hydrogen-bond donors (Lipinski definition) is 1. The topological polar surface area (TPSA) is 59.0 Å². The molecule has 2 aliphatic rings. The predicted octanol–water partition coefficient (Wildman–Crippen LogP) is 2.71. The van der Waals surface area contributed by atoms with Crippen molar-refractivity contribution < 1.29 is 23.8 Å². The van der Waals surface area contributed by atoms with Crippen LogP contribution in [0.4, 0.5) is 4.39 Å². The maximum absolute atomic E-state index is 13.4. The normalized spacial score (nSPS) is 21.8. The Labute approximate surface area is 147 Å². The summed E-state index contributed by atoms with van der Waals surface area (Å²) in [4.78, 5) is 14.7. The molecule has 0 bridgehead atoms. The van der Waals surface area contributed by atoms with Gasteiger partial charge in [0.25, 0.3) is 0 Å². The molecule has 0 aromatic heterocycles. The molecule has 0 aliphatic carbocycles. The number of benzene rings is 1. The number of nitrogens with zero attached hydrogens (tertiary/aromatic N) is 1. The van der Waals surface area contributed by atoms with E-state index in [4.69, 9.17) is 9.47 Å². The van der Waals surface area contributed by atoms with Crippen molar-refractivity contribution in [1.29, 1.82) is 0 Å². The van der Waals surface area contributed by atoms with Gasteiger partial charge in [0.05, 0.1) is 12.5 Å². The summed E-state index contributed by atoms with van der Waals surface area (Å²) in [6, 6.07) is 4.04. The average molecular weight is 351 g/mol. The number of halogens is 1. The highest BCUT2D eigenvalue weighted by atomic mass is 19.1. The first-order valence-electron chi connectivity index (χ1n) is 8.91. The maximum Gasteiger partial charge on any atom is 0.312 e. The number of phenols is 1. The number of aromatic hydroxyl groups is 1. The highest BCUT2D eigenvalue weighted by molar-refractivity contribution is 5.77. The lowest BCUT2D eigenvalue weighted by atomic mass is 9.66. The quantitative estimate of drug-likeness (QED) is 0.845. The standard InChI is InChI=1S/C19H26FNO4/c1-24-18(23)19(6-10-25-11-7-19)15-4-8-21(9-5-15)13-14-12-16(20)2-3-17(14)22/h2-3,12,15,22H,4-11,13H2,1H3. The highest BCUT2D eigenvalue weighted by Gasteiger charge is 2.48. The van der Waals surface area contributed by atoms with Crippen LogP contribution in [0.5, 0.6) is 5.75 Å². The molecule has 6 heteroatoms. The summed E-state index contributed by atoms with van der Waals surface area (Å²) in [7, 11) is 1.46. The third kappa shape index (κ3) is 3.80. The zero-order valence-electron chi connectivity index (χ0n) is 14.7. The number of phenolic OH excluding ortho intramolecular Hbond substituents is 1. The molecule has 2 saturated heterocycles. The Morgan fingerprint density at radius 2 is 2.04 bits per heavy atom. The summed E-state index contributed by atoms with van der Waals surface area (Å²) < 4.78 is 24.0. The van der Waals surface area contributed by atoms with E-state index in [1.165, 1.54) is 25.3 Å². The van der Waals surface area contributed by atoms with E-state index in [9.17, 15) is 14.3 Å². The van der Waals surface area contributed by atoms with Gasteiger partial charge in [-0.2, -0.15) is 0 Å². The second kappa shape index (κ2) is 7.70. The molecular weight excluding hydrogens is 325 g/mol. The Kier molecular flexibility index (Phi) is 5.59. The van der Waals surface area contributed by atoms with Crippen LogP contribution < -0.4 is 0 Å². The number of esters is 1. The van der Waals surface area contributed by atoms with Crippen molar-refractivity contribution in [3.8, 4) is 5.75 Å². The van der Waals surface area contributed by atoms with Crippen LogP contribution >= 0.6 is 0 Å². The maximum atomic E-state index is 13.4. The minimum atomic E-state index is -0.430. The number of methoxy groups -OCH3 is 1. The van der Waals surface area contributed by atoms with Crippen molar-refractivity contribution in [2.45, 2.75) is 32.2 Å². The number of likely N-dealkylation sites (tertiary alicyclic amines) is 1. The summed E-state index contributed by atoms with van der Waals surface area (Å²) in [5.41, 5.74) is 0.173. The Balaban J connectivity index is 1.64. The SMILES string of the molecule is COC(=O)C1(C2CCN(Cc3cc(F)ccc3O)CC2)CCOCC1. The van der Waals surface area contributed by atoms with Gasteiger partial charge in [0, 0.05) is 25.3 Å². The molecule has 0 saturated carbocycles. The van der Waals surface area contributed by atoms with Gasteiger partial charge in [0.2, 0.25) is 0 Å². The number of hydrogen-bond acceptors (Lipinski definition) is 5. The molecule has 138 valence electrons. The van der Waals surface area contributed by atoms with Gasteiger partial charge in [-0.05, 0) is 62.9 Å². The third-order valence-corrected chi connectivity index (χ3v) is 5.78. The fourth-order valence-corrected chi connectivity index (χ4v) is 4.28. The molecule has 2 aliphatic heterocycles. The minimum absolute atomic E-state index is 0.114. The van der Waals surface area contributed by atoms with Gasteiger partial charge in [-0.15, -0.1) is 0 Å². The molecule has 25 heavy (non-hydrogen) atoms. The molecule has 1 aromatic rings. The summed E-state index contributed by atoms with van der Waals surface area (Å²) in [5, 5.41) is 9.90. The van der Waals surface area contributed by atoms with Crippen LogP contribution in [0.2, 0.25) is 0 Å². The van der Waals surface area contributed by atoms with Crippen molar-refractivity contribution in [2.24, 2.45) is 11.3 Å². The van der Waals surface area contributed by atoms with Crippen LogP contribution in [-0.4, -0.2) is 49.4 Å². The third-order valence-electron chi connectivity index (χ3n) is 5.78. The Bertz CT molecular complexity index is 607. The van der Waals surface area contributed by atoms with E-state index in [0.717, 1.165) is 38.8 Å². The summed E-state index contributed by atoms with van der Waals surface area (Å²) in [6.07, 6.45) is 3.22. The first-order chi connectivity index (χ1) is 12.0. The van der Waals surface area contributed by atoms with Crippen molar-refractivity contribution in [1.82, 2.24) is 4.90 Å². The predicted molar refractivity (Wildman–Crippen MR) is 90.6 cm³/mol. The van der Waals surface area contributed by atoms with Gasteiger partial charge in [-0.25, -0.2) is 4.39 Å². The lowest BCUT2D eigenvalue weighted by molar-refractivity contribution is -0.166. The molecule has 0 radical (unpaired) electrons. The van der Waals surface area contributed by atoms with Gasteiger partial charge < -0.3 is 14.6 Å². The summed E-state index contributed by atoms with van der Waals surface area (Å²) >= 11 is 0. The van der Waals surface area contributed by atoms with E-state index >= 15 is 0 Å². The van der Waals surface area contributed by atoms with Gasteiger partial charge in [-0.3, -0.25) is 9.69 Å². The number of piperidine rings is 1. The zero-order valence-corrected chi connectivity index (χ0v) is 14.7. The second-order valence-electron chi connectivity index (χ2n) is 7.08. The van der Waals surface area contributed by atoms with Crippen molar-refractivity contribution in [3.05, 3.63) is 29.6 Å². The lowest BCUT2D eigenvalue weighted by Crippen LogP contribution is -2.48. The van der Waals surface area contributed by atoms with Crippen LogP contribution in [-0.2, 0) is 20.8 Å². The number of rotatable bonds is 4. The second-order valence-corrected chi connectivity index (χ2v) is 7.08. The van der Waals surface area contributed by atoms with Crippen LogP contribution in [0.25, 0.3) is 0 Å². The first-order valence-corrected chi connectivity index (χ1v) is 8.91. The van der Waals surface area contributed by atoms with Gasteiger partial charge in [0.1, 0.15) is 11.6 Å². The van der Waals surface area contributed by atoms with Crippen LogP contribution in [0.3, 0.4) is 0 Å². The van der Waals surface area contributed by atoms with Crippen LogP contribution in [0.1, 0.15) is 31.2 Å². The van der Waals surface area contributed by atoms with E-state index in [1.54, 1.807) is 0 Å². The molecule has 1 aromatic carbocycles. The Morgan fingerprint density at radius 3 is 2.68 bits per heavy atom. The Morgan fingerprint density at radius 1 is 1.36 bits per heavy atom. The fraction of sp³-hybridized carbons (Fsp3) is 0.632. The van der Waals surface area contributed by atoms with Gasteiger partial charge >= 0.3 is 5.97 Å². The molecule has 2 heterocycles. The van der Waals surface area contributed by atoms with Crippen molar-refractivity contribution >= 4 is 5.97 Å². The highest BCUT2D eigenvalue weighted by Crippen LogP contribution is 2.44. The van der Waals surface area contributed by atoms with E-state index in [0.29, 0.717) is 25.3 Å². The number of carbonyl (C=O) groups is 1. The molecule has 3 rings (SSSR count). The lowest BCUT2D eigenvalue weighted by Gasteiger charge is -2.44. The molecule has 5 nitrogen and oxygen atoms in total. The summed E-state index contributed by atoms with van der Waals surface area (Å²) in [6.45, 7) is 3.37. The smallest absolute Gasteiger partial charge is 0.312 e.